The average Bonchev–Trinajstić information content (AvgIpc) is 3.27. The predicted octanol–water partition coefficient (Wildman–Crippen LogP) is 6.53. The summed E-state index contributed by atoms with van der Waals surface area (Å²) < 4.78 is 41.2. The first-order valence-electron chi connectivity index (χ1n) is 11.4. The highest BCUT2D eigenvalue weighted by Gasteiger charge is 2.40. The number of ether oxygens (including phenoxy) is 2. The van der Waals surface area contributed by atoms with E-state index in [2.05, 4.69) is 15.9 Å². The Kier molecular flexibility index (Phi) is 10.3. The smallest absolute Gasteiger partial charge is 0.410 e. The number of esters is 1. The van der Waals surface area contributed by atoms with Gasteiger partial charge >= 0.3 is 18.0 Å². The molecular formula is C25H27BrF2INO5S. The van der Waals surface area contributed by atoms with Gasteiger partial charge in [-0.1, -0.05) is 28.1 Å². The van der Waals surface area contributed by atoms with Gasteiger partial charge in [0.1, 0.15) is 11.0 Å². The number of aryl methyl sites for hydroxylation is 1. The van der Waals surface area contributed by atoms with Gasteiger partial charge in [-0.15, -0.1) is 11.3 Å². The third kappa shape index (κ3) is 7.72. The molecule has 196 valence electrons. The fraction of sp³-hybridized carbons (Fsp3) is 0.440. The largest absolute Gasteiger partial charge is 0.459 e. The Labute approximate surface area is 234 Å². The maximum atomic E-state index is 14.9. The number of hydrogen-bond acceptors (Lipinski definition) is 6. The number of alkyl halides is 2. The maximum Gasteiger partial charge on any atom is 0.410 e. The molecule has 6 nitrogen and oxygen atoms in total. The van der Waals surface area contributed by atoms with Crippen molar-refractivity contribution in [2.45, 2.75) is 57.3 Å². The summed E-state index contributed by atoms with van der Waals surface area (Å²) in [5.41, 5.74) is -0.300. The molecule has 1 N–H and O–H groups in total. The van der Waals surface area contributed by atoms with Gasteiger partial charge in [0, 0.05) is 31.4 Å². The highest BCUT2D eigenvalue weighted by Crippen LogP contribution is 2.35. The number of thiophene rings is 1. The van der Waals surface area contributed by atoms with Gasteiger partial charge in [0.15, 0.2) is 0 Å². The van der Waals surface area contributed by atoms with Gasteiger partial charge in [-0.3, -0.25) is 0 Å². The first-order valence-corrected chi connectivity index (χ1v) is 14.1. The minimum atomic E-state index is -3.51. The summed E-state index contributed by atoms with van der Waals surface area (Å²) >= 11 is 6.49. The zero-order valence-electron chi connectivity index (χ0n) is 19.8. The molecule has 0 radical (unpaired) electrons. The standard InChI is InChI=1S/C25H27BrF2INO5S/c1-15(2)35-23(32)21-7-6-20(36-21)4-3-10-30-19(9-11-34-24(30)33)5-8-22(31)25(27,28)16-12-17(26)14-18(29)13-16/h5-8,12-15,19,22,31H,3-4,9-11H2,1-2H3/t19-,22+/m0/s1. The van der Waals surface area contributed by atoms with Crippen LogP contribution < -0.4 is 0 Å². The van der Waals surface area contributed by atoms with Crippen LogP contribution in [0.15, 0.2) is 47.0 Å². The highest BCUT2D eigenvalue weighted by molar-refractivity contribution is 14.1. The summed E-state index contributed by atoms with van der Waals surface area (Å²) in [5.74, 6) is -3.87. The Bertz CT molecular complexity index is 1090. The molecule has 1 aromatic carbocycles. The number of carbonyl (C=O) groups is 2. The van der Waals surface area contributed by atoms with Crippen LogP contribution in [0.25, 0.3) is 0 Å². The second-order valence-corrected chi connectivity index (χ2v) is 11.9. The van der Waals surface area contributed by atoms with Gasteiger partial charge in [0.25, 0.3) is 0 Å². The predicted molar refractivity (Wildman–Crippen MR) is 146 cm³/mol. The number of halogens is 4. The van der Waals surface area contributed by atoms with Crippen LogP contribution in [0.5, 0.6) is 0 Å². The van der Waals surface area contributed by atoms with E-state index in [0.717, 1.165) is 11.0 Å². The number of hydrogen-bond donors (Lipinski definition) is 1. The highest BCUT2D eigenvalue weighted by atomic mass is 127. The summed E-state index contributed by atoms with van der Waals surface area (Å²) in [7, 11) is 0. The van der Waals surface area contributed by atoms with Gasteiger partial charge in [-0.05, 0) is 79.6 Å². The third-order valence-electron chi connectivity index (χ3n) is 5.44. The first kappa shape index (κ1) is 29.0. The molecule has 0 saturated carbocycles. The number of amides is 1. The lowest BCUT2D eigenvalue weighted by molar-refractivity contribution is -0.0930. The maximum absolute atomic E-state index is 14.9. The fourth-order valence-corrected chi connectivity index (χ4v) is 6.21. The normalized spacial score (nSPS) is 17.5. The number of rotatable bonds is 10. The molecule has 0 spiro atoms. The van der Waals surface area contributed by atoms with E-state index in [1.54, 1.807) is 26.0 Å². The summed E-state index contributed by atoms with van der Waals surface area (Å²) in [4.78, 5) is 27.4. The number of aliphatic hydroxyl groups is 1. The molecule has 1 aliphatic rings. The van der Waals surface area contributed by atoms with E-state index in [1.165, 1.54) is 34.4 Å². The van der Waals surface area contributed by atoms with Gasteiger partial charge in [0.05, 0.1) is 18.8 Å². The molecule has 1 amide bonds. The van der Waals surface area contributed by atoms with Crippen molar-refractivity contribution in [1.82, 2.24) is 4.90 Å². The summed E-state index contributed by atoms with van der Waals surface area (Å²) in [6.07, 6.45) is 1.37. The van der Waals surface area contributed by atoms with E-state index in [1.807, 2.05) is 28.7 Å². The number of benzene rings is 1. The lowest BCUT2D eigenvalue weighted by Crippen LogP contribution is -2.45. The lowest BCUT2D eigenvalue weighted by Gasteiger charge is -2.33. The summed E-state index contributed by atoms with van der Waals surface area (Å²) in [6.45, 7) is 4.09. The molecular weight excluding hydrogens is 671 g/mol. The first-order chi connectivity index (χ1) is 17.0. The summed E-state index contributed by atoms with van der Waals surface area (Å²) in [5, 5.41) is 10.3. The molecule has 0 unspecified atom stereocenters. The Morgan fingerprint density at radius 1 is 1.39 bits per heavy atom. The molecule has 2 atom stereocenters. The molecule has 36 heavy (non-hydrogen) atoms. The Balaban J connectivity index is 1.61. The van der Waals surface area contributed by atoms with Crippen LogP contribution in [0.2, 0.25) is 0 Å². The van der Waals surface area contributed by atoms with Crippen molar-refractivity contribution in [2.24, 2.45) is 0 Å². The SMILES string of the molecule is CC(C)OC(=O)c1ccc(CCCN2C(=O)OCC[C@@H]2C=C[C@@H](O)C(F)(F)c2cc(Br)cc(I)c2)s1. The zero-order valence-corrected chi connectivity index (χ0v) is 24.3. The van der Waals surface area contributed by atoms with E-state index in [0.29, 0.717) is 38.7 Å². The quantitative estimate of drug-likeness (QED) is 0.174. The van der Waals surface area contributed by atoms with Crippen LogP contribution in [0.3, 0.4) is 0 Å². The van der Waals surface area contributed by atoms with Crippen LogP contribution in [0.4, 0.5) is 13.6 Å². The van der Waals surface area contributed by atoms with E-state index < -0.39 is 24.2 Å². The van der Waals surface area contributed by atoms with Crippen molar-refractivity contribution in [1.29, 1.82) is 0 Å². The van der Waals surface area contributed by atoms with Crippen molar-refractivity contribution in [2.75, 3.05) is 13.2 Å². The summed E-state index contributed by atoms with van der Waals surface area (Å²) in [6, 6.07) is 7.41. The monoisotopic (exact) mass is 697 g/mol. The molecule has 0 aliphatic carbocycles. The van der Waals surface area contributed by atoms with Gasteiger partial charge in [-0.25, -0.2) is 9.59 Å². The van der Waals surface area contributed by atoms with E-state index in [-0.39, 0.29) is 24.2 Å². The van der Waals surface area contributed by atoms with Crippen molar-refractivity contribution in [3.8, 4) is 0 Å². The Hall–Kier alpha value is -1.57. The molecule has 3 rings (SSSR count). The second-order valence-electron chi connectivity index (χ2n) is 8.60. The van der Waals surface area contributed by atoms with Crippen molar-refractivity contribution in [3.63, 3.8) is 0 Å². The Morgan fingerprint density at radius 2 is 2.14 bits per heavy atom. The van der Waals surface area contributed by atoms with Crippen molar-refractivity contribution >= 4 is 61.9 Å². The van der Waals surface area contributed by atoms with Gasteiger partial charge < -0.3 is 19.5 Å². The molecule has 11 heteroatoms. The van der Waals surface area contributed by atoms with Crippen LogP contribution in [0.1, 0.15) is 46.8 Å². The second kappa shape index (κ2) is 12.8. The zero-order chi connectivity index (χ0) is 26.5. The minimum Gasteiger partial charge on any atom is -0.459 e. The van der Waals surface area contributed by atoms with Crippen LogP contribution in [0, 0.1) is 3.57 Å². The van der Waals surface area contributed by atoms with Crippen molar-refractivity contribution in [3.05, 3.63) is 65.8 Å². The van der Waals surface area contributed by atoms with E-state index >= 15 is 0 Å². The molecule has 1 fully saturated rings. The van der Waals surface area contributed by atoms with E-state index in [9.17, 15) is 23.5 Å². The van der Waals surface area contributed by atoms with E-state index in [4.69, 9.17) is 9.47 Å². The average molecular weight is 698 g/mol. The lowest BCUT2D eigenvalue weighted by atomic mass is 10.0. The van der Waals surface area contributed by atoms with Crippen LogP contribution >= 0.6 is 49.9 Å². The third-order valence-corrected chi connectivity index (χ3v) is 7.64. The number of nitrogens with zero attached hydrogens (tertiary/aromatic N) is 1. The molecule has 1 aliphatic heterocycles. The van der Waals surface area contributed by atoms with Crippen LogP contribution in [-0.2, 0) is 21.8 Å². The molecule has 2 heterocycles. The Morgan fingerprint density at radius 3 is 2.83 bits per heavy atom. The van der Waals surface area contributed by atoms with Crippen LogP contribution in [-0.4, -0.2) is 53.5 Å². The number of carbonyl (C=O) groups excluding carboxylic acids is 2. The molecule has 1 saturated heterocycles. The molecule has 0 bridgehead atoms. The van der Waals surface area contributed by atoms with Gasteiger partial charge in [0.2, 0.25) is 0 Å². The van der Waals surface area contributed by atoms with Gasteiger partial charge in [-0.2, -0.15) is 8.78 Å². The number of cyclic esters (lactones) is 1. The topological polar surface area (TPSA) is 76.1 Å². The fourth-order valence-electron chi connectivity index (χ4n) is 3.69. The molecule has 2 aromatic rings. The number of aliphatic hydroxyl groups excluding tert-OH is 1. The molecule has 1 aromatic heterocycles. The van der Waals surface area contributed by atoms with Crippen molar-refractivity contribution < 1.29 is 33.0 Å². The minimum absolute atomic E-state index is 0.174.